The van der Waals surface area contributed by atoms with Crippen LogP contribution in [0.2, 0.25) is 0 Å². The maximum Gasteiger partial charge on any atom is 0.306 e. The number of ether oxygens (including phenoxy) is 2. The second-order valence-electron chi connectivity index (χ2n) is 12.7. The van der Waals surface area contributed by atoms with Crippen molar-refractivity contribution in [3.63, 3.8) is 0 Å². The highest BCUT2D eigenvalue weighted by Gasteiger charge is 2.45. The first kappa shape index (κ1) is 31.5. The zero-order valence-corrected chi connectivity index (χ0v) is 25.8. The molecule has 5 atom stereocenters. The molecule has 1 heterocycles. The van der Waals surface area contributed by atoms with Crippen LogP contribution in [0.4, 0.5) is 0 Å². The Morgan fingerprint density at radius 1 is 1.14 bits per heavy atom. The summed E-state index contributed by atoms with van der Waals surface area (Å²) in [5, 5.41) is 22.4. The summed E-state index contributed by atoms with van der Waals surface area (Å²) >= 11 is 6.88. The van der Waals surface area contributed by atoms with E-state index in [1.54, 1.807) is 0 Å². The van der Waals surface area contributed by atoms with E-state index in [2.05, 4.69) is 42.2 Å². The number of aryl methyl sites for hydroxylation is 1. The number of nitrogens with zero attached hydrogens (tertiary/aromatic N) is 1. The summed E-state index contributed by atoms with van der Waals surface area (Å²) in [6.45, 7) is 6.62. The molecule has 2 N–H and O–H groups in total. The average Bonchev–Trinajstić information content (AvgIpc) is 3.26. The third-order valence-electron chi connectivity index (χ3n) is 9.95. The summed E-state index contributed by atoms with van der Waals surface area (Å²) in [6, 6.07) is 16.6. The Labute approximate surface area is 256 Å². The third kappa shape index (κ3) is 7.57. The molecule has 1 saturated heterocycles. The average molecular weight is 598 g/mol. The Hall–Kier alpha value is -1.96. The minimum absolute atomic E-state index is 0.00824. The van der Waals surface area contributed by atoms with Crippen LogP contribution in [0.5, 0.6) is 0 Å². The van der Waals surface area contributed by atoms with Crippen LogP contribution in [0.3, 0.4) is 0 Å². The number of esters is 1. The van der Waals surface area contributed by atoms with Crippen LogP contribution in [0.25, 0.3) is 0 Å². The van der Waals surface area contributed by atoms with Gasteiger partial charge in [0.2, 0.25) is 0 Å². The van der Waals surface area contributed by atoms with E-state index in [0.29, 0.717) is 25.9 Å². The highest BCUT2D eigenvalue weighted by atomic mass is 35.5. The predicted octanol–water partition coefficient (Wildman–Crippen LogP) is 5.81. The van der Waals surface area contributed by atoms with Gasteiger partial charge in [-0.2, -0.15) is 0 Å². The first-order valence-corrected chi connectivity index (χ1v) is 16.5. The molecule has 2 aromatic rings. The molecule has 0 aromatic heterocycles. The maximum atomic E-state index is 12.4. The van der Waals surface area contributed by atoms with E-state index < -0.39 is 12.2 Å². The number of rotatable bonds is 13. The molecule has 0 bridgehead atoms. The third-order valence-corrected chi connectivity index (χ3v) is 10.5. The van der Waals surface area contributed by atoms with Gasteiger partial charge in [0.1, 0.15) is 6.61 Å². The molecular weight excluding hydrogens is 550 g/mol. The molecule has 42 heavy (non-hydrogen) atoms. The highest BCUT2D eigenvalue weighted by molar-refractivity contribution is 6.21. The lowest BCUT2D eigenvalue weighted by Crippen LogP contribution is -2.38. The molecule has 0 amide bonds. The van der Waals surface area contributed by atoms with Gasteiger partial charge < -0.3 is 19.7 Å². The van der Waals surface area contributed by atoms with Crippen LogP contribution in [-0.2, 0) is 27.1 Å². The fourth-order valence-electron chi connectivity index (χ4n) is 7.48. The van der Waals surface area contributed by atoms with Gasteiger partial charge in [0.05, 0.1) is 25.4 Å². The van der Waals surface area contributed by atoms with Crippen molar-refractivity contribution < 1.29 is 24.5 Å². The normalized spacial score (nSPS) is 26.5. The van der Waals surface area contributed by atoms with Crippen molar-refractivity contribution in [1.82, 2.24) is 4.90 Å². The smallest absolute Gasteiger partial charge is 0.306 e. The lowest BCUT2D eigenvalue weighted by atomic mass is 9.61. The second kappa shape index (κ2) is 14.7. The number of aliphatic hydroxyl groups excluding tert-OH is 2. The Kier molecular flexibility index (Phi) is 11.0. The summed E-state index contributed by atoms with van der Waals surface area (Å²) in [5.41, 5.74) is 4.28. The molecule has 7 heteroatoms. The van der Waals surface area contributed by atoms with Crippen molar-refractivity contribution in [1.29, 1.82) is 0 Å². The molecule has 6 nitrogen and oxygen atoms in total. The topological polar surface area (TPSA) is 79.2 Å². The van der Waals surface area contributed by atoms with Gasteiger partial charge >= 0.3 is 5.97 Å². The lowest BCUT2D eigenvalue weighted by molar-refractivity contribution is -0.144. The van der Waals surface area contributed by atoms with Crippen molar-refractivity contribution in [2.24, 2.45) is 11.3 Å². The molecule has 3 aliphatic rings. The predicted molar refractivity (Wildman–Crippen MR) is 166 cm³/mol. The number of benzene rings is 2. The number of halogens is 1. The number of hydrogen-bond acceptors (Lipinski definition) is 6. The molecule has 5 rings (SSSR count). The summed E-state index contributed by atoms with van der Waals surface area (Å²) in [5.74, 6) is -0.186. The quantitative estimate of drug-likeness (QED) is 0.224. The lowest BCUT2D eigenvalue weighted by Gasteiger charge is -2.46. The molecule has 3 fully saturated rings. The summed E-state index contributed by atoms with van der Waals surface area (Å²) < 4.78 is 10.8. The fourth-order valence-corrected chi connectivity index (χ4v) is 7.91. The van der Waals surface area contributed by atoms with Crippen LogP contribution >= 0.6 is 11.6 Å². The molecule has 2 aliphatic carbocycles. The number of morpholine rings is 1. The summed E-state index contributed by atoms with van der Waals surface area (Å²) in [4.78, 5) is 14.6. The van der Waals surface area contributed by atoms with Crippen LogP contribution in [-0.4, -0.2) is 72.0 Å². The standard InChI is InChI=1S/C35H48ClNO5/c1-2-12-35(13-5-14-35)34(40)28-9-4-8-27(23-28)33-29(30(36)24-31(33)38)22-26-7-3-6-25(21-26)10-11-32(39)42-20-17-37-15-18-41-19-16-37/h3-4,6-9,21,23,29-31,33-34,38,40H,2,5,10-20,22,24H2,1H3/t29-,30+,31+,33+,34?/m0/s1. The molecule has 2 saturated carbocycles. The summed E-state index contributed by atoms with van der Waals surface area (Å²) in [6.07, 6.45) is 6.74. The van der Waals surface area contributed by atoms with Gasteiger partial charge in [-0.3, -0.25) is 9.69 Å². The van der Waals surface area contributed by atoms with Gasteiger partial charge in [0, 0.05) is 42.8 Å². The van der Waals surface area contributed by atoms with Crippen molar-refractivity contribution >= 4 is 17.6 Å². The van der Waals surface area contributed by atoms with Crippen LogP contribution in [0, 0.1) is 11.3 Å². The van der Waals surface area contributed by atoms with Gasteiger partial charge in [0.25, 0.3) is 0 Å². The maximum absolute atomic E-state index is 12.4. The van der Waals surface area contributed by atoms with Crippen molar-refractivity contribution in [2.75, 3.05) is 39.5 Å². The largest absolute Gasteiger partial charge is 0.464 e. The van der Waals surface area contributed by atoms with E-state index in [-0.39, 0.29) is 28.6 Å². The van der Waals surface area contributed by atoms with Gasteiger partial charge in [-0.1, -0.05) is 68.3 Å². The number of hydrogen-bond donors (Lipinski definition) is 2. The molecule has 230 valence electrons. The van der Waals surface area contributed by atoms with E-state index in [9.17, 15) is 15.0 Å². The molecule has 2 aromatic carbocycles. The number of aliphatic hydroxyl groups is 2. The van der Waals surface area contributed by atoms with E-state index in [1.807, 2.05) is 18.2 Å². The van der Waals surface area contributed by atoms with Crippen molar-refractivity contribution in [2.45, 2.75) is 88.2 Å². The number of alkyl halides is 1. The highest BCUT2D eigenvalue weighted by Crippen LogP contribution is 2.54. The van der Waals surface area contributed by atoms with E-state index in [0.717, 1.165) is 87.2 Å². The molecule has 0 spiro atoms. The Balaban J connectivity index is 1.20. The number of carbonyl (C=O) groups is 1. The molecule has 0 radical (unpaired) electrons. The van der Waals surface area contributed by atoms with Gasteiger partial charge in [-0.25, -0.2) is 0 Å². The minimum Gasteiger partial charge on any atom is -0.464 e. The molecule has 1 aliphatic heterocycles. The minimum atomic E-state index is -0.520. The van der Waals surface area contributed by atoms with Crippen LogP contribution < -0.4 is 0 Å². The van der Waals surface area contributed by atoms with Crippen LogP contribution in [0.15, 0.2) is 48.5 Å². The van der Waals surface area contributed by atoms with E-state index in [4.69, 9.17) is 21.1 Å². The first-order chi connectivity index (χ1) is 20.4. The second-order valence-corrected chi connectivity index (χ2v) is 13.3. The van der Waals surface area contributed by atoms with Crippen LogP contribution in [0.1, 0.15) is 86.1 Å². The van der Waals surface area contributed by atoms with E-state index >= 15 is 0 Å². The molecular formula is C35H48ClNO5. The zero-order chi connectivity index (χ0) is 29.5. The monoisotopic (exact) mass is 597 g/mol. The zero-order valence-electron chi connectivity index (χ0n) is 25.1. The van der Waals surface area contributed by atoms with E-state index in [1.165, 1.54) is 6.42 Å². The Bertz CT molecular complexity index is 1160. The van der Waals surface area contributed by atoms with Gasteiger partial charge in [-0.15, -0.1) is 11.6 Å². The number of carbonyl (C=O) groups excluding carboxylic acids is 1. The fraction of sp³-hybridized carbons (Fsp3) is 0.629. The van der Waals surface area contributed by atoms with Crippen molar-refractivity contribution in [3.05, 3.63) is 70.8 Å². The first-order valence-electron chi connectivity index (χ1n) is 16.0. The SMILES string of the molecule is CCCC1(C(O)c2cccc([C@@H]3[C@@H](Cc4cccc(CCC(=O)OCCN5CCOCC5)c4)[C@H](Cl)C[C@H]3O)c2)CCC1. The van der Waals surface area contributed by atoms with Gasteiger partial charge in [-0.05, 0) is 66.7 Å². The van der Waals surface area contributed by atoms with Gasteiger partial charge in [0.15, 0.2) is 0 Å². The molecule has 1 unspecified atom stereocenters. The Morgan fingerprint density at radius 3 is 2.64 bits per heavy atom. The Morgan fingerprint density at radius 2 is 1.90 bits per heavy atom. The van der Waals surface area contributed by atoms with Crippen molar-refractivity contribution in [3.8, 4) is 0 Å². The summed E-state index contributed by atoms with van der Waals surface area (Å²) in [7, 11) is 0.